The number of carbonyl (C=O) groups excluding carboxylic acids is 2. The van der Waals surface area contributed by atoms with Crippen LogP contribution in [0.5, 0.6) is 0 Å². The van der Waals surface area contributed by atoms with Crippen LogP contribution in [0.1, 0.15) is 32.0 Å². The first-order valence-electron chi connectivity index (χ1n) is 6.57. The minimum atomic E-state index is -0.756. The maximum absolute atomic E-state index is 12.2. The van der Waals surface area contributed by atoms with Crippen LogP contribution >= 0.6 is 0 Å². The summed E-state index contributed by atoms with van der Waals surface area (Å²) in [7, 11) is 1.16. The van der Waals surface area contributed by atoms with Crippen LogP contribution in [0, 0.1) is 17.0 Å². The van der Waals surface area contributed by atoms with Crippen molar-refractivity contribution in [2.45, 2.75) is 13.5 Å². The SMILES string of the molecule is COC(=O)c1cc(C(=O)NCc2cn[nH]c2C)cc([N+](=O)[O-])c1. The number of aromatic amines is 1. The third-order valence-electron chi connectivity index (χ3n) is 3.19. The quantitative estimate of drug-likeness (QED) is 0.486. The summed E-state index contributed by atoms with van der Waals surface area (Å²) in [5, 5.41) is 20.1. The van der Waals surface area contributed by atoms with Crippen LogP contribution in [-0.2, 0) is 11.3 Å². The smallest absolute Gasteiger partial charge is 0.338 e. The highest BCUT2D eigenvalue weighted by molar-refractivity contribution is 5.98. The van der Waals surface area contributed by atoms with E-state index in [1.54, 1.807) is 13.1 Å². The number of aryl methyl sites for hydroxylation is 1. The van der Waals surface area contributed by atoms with E-state index in [2.05, 4.69) is 20.3 Å². The number of aromatic nitrogens is 2. The number of hydrogen-bond donors (Lipinski definition) is 2. The number of H-pyrrole nitrogens is 1. The van der Waals surface area contributed by atoms with Gasteiger partial charge in [-0.15, -0.1) is 0 Å². The molecule has 2 aromatic rings. The maximum atomic E-state index is 12.2. The standard InChI is InChI=1S/C14H14N4O5/c1-8-11(7-16-17-8)6-15-13(19)9-3-10(14(20)23-2)5-12(4-9)18(21)22/h3-5,7H,6H2,1-2H3,(H,15,19)(H,16,17). The third kappa shape index (κ3) is 3.70. The summed E-state index contributed by atoms with van der Waals surface area (Å²) in [6.07, 6.45) is 1.57. The molecule has 0 aliphatic rings. The number of non-ortho nitro benzene ring substituents is 1. The van der Waals surface area contributed by atoms with E-state index >= 15 is 0 Å². The van der Waals surface area contributed by atoms with Gasteiger partial charge >= 0.3 is 5.97 Å². The zero-order valence-corrected chi connectivity index (χ0v) is 12.5. The number of methoxy groups -OCH3 is 1. The first-order valence-corrected chi connectivity index (χ1v) is 6.57. The average Bonchev–Trinajstić information content (AvgIpc) is 2.96. The molecule has 9 heteroatoms. The van der Waals surface area contributed by atoms with E-state index in [4.69, 9.17) is 0 Å². The van der Waals surface area contributed by atoms with Gasteiger partial charge in [-0.2, -0.15) is 5.10 Å². The number of nitrogens with one attached hydrogen (secondary N) is 2. The lowest BCUT2D eigenvalue weighted by Gasteiger charge is -2.06. The second kappa shape index (κ2) is 6.69. The molecule has 0 fully saturated rings. The summed E-state index contributed by atoms with van der Waals surface area (Å²) in [5.74, 6) is -1.30. The molecule has 2 N–H and O–H groups in total. The first kappa shape index (κ1) is 16.1. The van der Waals surface area contributed by atoms with Crippen molar-refractivity contribution in [1.29, 1.82) is 0 Å². The lowest BCUT2D eigenvalue weighted by Crippen LogP contribution is -2.23. The molecule has 0 saturated carbocycles. The van der Waals surface area contributed by atoms with Crippen LogP contribution < -0.4 is 5.32 Å². The molecule has 1 aromatic heterocycles. The van der Waals surface area contributed by atoms with Crippen LogP contribution in [0.3, 0.4) is 0 Å². The number of rotatable bonds is 5. The normalized spacial score (nSPS) is 10.2. The molecule has 23 heavy (non-hydrogen) atoms. The largest absolute Gasteiger partial charge is 0.465 e. The summed E-state index contributed by atoms with van der Waals surface area (Å²) in [5.41, 5.74) is 1.17. The van der Waals surface area contributed by atoms with Gasteiger partial charge in [0, 0.05) is 35.5 Å². The number of nitro groups is 1. The highest BCUT2D eigenvalue weighted by atomic mass is 16.6. The highest BCUT2D eigenvalue weighted by Crippen LogP contribution is 2.18. The zero-order valence-electron chi connectivity index (χ0n) is 12.5. The molecular formula is C14H14N4O5. The maximum Gasteiger partial charge on any atom is 0.338 e. The van der Waals surface area contributed by atoms with Crippen LogP contribution in [0.2, 0.25) is 0 Å². The van der Waals surface area contributed by atoms with E-state index < -0.39 is 16.8 Å². The third-order valence-corrected chi connectivity index (χ3v) is 3.19. The zero-order chi connectivity index (χ0) is 17.0. The number of benzene rings is 1. The van der Waals surface area contributed by atoms with Gasteiger partial charge in [0.1, 0.15) is 0 Å². The number of nitro benzene ring substituents is 1. The molecule has 120 valence electrons. The fourth-order valence-electron chi connectivity index (χ4n) is 1.91. The molecule has 9 nitrogen and oxygen atoms in total. The van der Waals surface area contributed by atoms with E-state index in [1.807, 2.05) is 0 Å². The molecular weight excluding hydrogens is 304 g/mol. The molecule has 0 bridgehead atoms. The molecule has 0 saturated heterocycles. The summed E-state index contributed by atoms with van der Waals surface area (Å²) in [4.78, 5) is 34.0. The minimum absolute atomic E-state index is 0.000693. The fourth-order valence-corrected chi connectivity index (χ4v) is 1.91. The monoisotopic (exact) mass is 318 g/mol. The van der Waals surface area contributed by atoms with Crippen molar-refractivity contribution in [2.24, 2.45) is 0 Å². The summed E-state index contributed by atoms with van der Waals surface area (Å²) in [6, 6.07) is 3.41. The topological polar surface area (TPSA) is 127 Å². The molecule has 0 aliphatic carbocycles. The Morgan fingerprint density at radius 1 is 1.35 bits per heavy atom. The van der Waals surface area contributed by atoms with Crippen molar-refractivity contribution in [2.75, 3.05) is 7.11 Å². The molecule has 1 amide bonds. The second-order valence-electron chi connectivity index (χ2n) is 4.72. The molecule has 0 aliphatic heterocycles. The highest BCUT2D eigenvalue weighted by Gasteiger charge is 2.18. The van der Waals surface area contributed by atoms with Crippen molar-refractivity contribution in [3.8, 4) is 0 Å². The van der Waals surface area contributed by atoms with Crippen molar-refractivity contribution in [3.63, 3.8) is 0 Å². The van der Waals surface area contributed by atoms with Gasteiger partial charge in [0.2, 0.25) is 0 Å². The Hall–Kier alpha value is -3.23. The number of esters is 1. The van der Waals surface area contributed by atoms with Gasteiger partial charge in [-0.1, -0.05) is 0 Å². The second-order valence-corrected chi connectivity index (χ2v) is 4.72. The Kier molecular flexibility index (Phi) is 4.69. The van der Waals surface area contributed by atoms with Crippen molar-refractivity contribution in [1.82, 2.24) is 15.5 Å². The molecule has 1 heterocycles. The number of ether oxygens (including phenoxy) is 1. The Bertz CT molecular complexity index is 768. The molecule has 0 spiro atoms. The van der Waals surface area contributed by atoms with Gasteiger partial charge < -0.3 is 10.1 Å². The van der Waals surface area contributed by atoms with Crippen LogP contribution in [-0.4, -0.2) is 34.1 Å². The summed E-state index contributed by atoms with van der Waals surface area (Å²) >= 11 is 0. The molecule has 0 radical (unpaired) electrons. The van der Waals surface area contributed by atoms with Crippen molar-refractivity contribution < 1.29 is 19.2 Å². The van der Waals surface area contributed by atoms with Gasteiger partial charge in [0.15, 0.2) is 0 Å². The first-order chi connectivity index (χ1) is 10.9. The van der Waals surface area contributed by atoms with E-state index in [9.17, 15) is 19.7 Å². The summed E-state index contributed by atoms with van der Waals surface area (Å²) < 4.78 is 4.53. The van der Waals surface area contributed by atoms with Gasteiger partial charge in [-0.05, 0) is 13.0 Å². The van der Waals surface area contributed by atoms with Crippen molar-refractivity contribution >= 4 is 17.6 Å². The lowest BCUT2D eigenvalue weighted by atomic mass is 10.1. The van der Waals surface area contributed by atoms with Crippen LogP contribution in [0.25, 0.3) is 0 Å². The molecule has 2 rings (SSSR count). The van der Waals surface area contributed by atoms with E-state index in [0.29, 0.717) is 0 Å². The van der Waals surface area contributed by atoms with E-state index in [-0.39, 0.29) is 23.4 Å². The molecule has 0 atom stereocenters. The number of amides is 1. The summed E-state index contributed by atoms with van der Waals surface area (Å²) in [6.45, 7) is 2.01. The van der Waals surface area contributed by atoms with Gasteiger partial charge in [0.25, 0.3) is 11.6 Å². The Morgan fingerprint density at radius 2 is 2.04 bits per heavy atom. The number of nitrogens with zero attached hydrogens (tertiary/aromatic N) is 2. The Morgan fingerprint density at radius 3 is 2.61 bits per heavy atom. The Balaban J connectivity index is 2.24. The van der Waals surface area contributed by atoms with Crippen LogP contribution in [0.15, 0.2) is 24.4 Å². The van der Waals surface area contributed by atoms with Crippen molar-refractivity contribution in [3.05, 3.63) is 56.9 Å². The lowest BCUT2D eigenvalue weighted by molar-refractivity contribution is -0.384. The number of hydrogen-bond acceptors (Lipinski definition) is 6. The average molecular weight is 318 g/mol. The van der Waals surface area contributed by atoms with Gasteiger partial charge in [0.05, 0.1) is 23.8 Å². The molecule has 1 aromatic carbocycles. The number of carbonyl (C=O) groups is 2. The van der Waals surface area contributed by atoms with Gasteiger partial charge in [-0.3, -0.25) is 20.0 Å². The fraction of sp³-hybridized carbons (Fsp3) is 0.214. The van der Waals surface area contributed by atoms with Crippen LogP contribution in [0.4, 0.5) is 5.69 Å². The minimum Gasteiger partial charge on any atom is -0.465 e. The molecule has 0 unspecified atom stereocenters. The van der Waals surface area contributed by atoms with Gasteiger partial charge in [-0.25, -0.2) is 4.79 Å². The Labute approximate surface area is 130 Å². The van der Waals surface area contributed by atoms with E-state index in [1.165, 1.54) is 6.07 Å². The van der Waals surface area contributed by atoms with E-state index in [0.717, 1.165) is 30.5 Å². The predicted octanol–water partition coefficient (Wildman–Crippen LogP) is 1.34. The predicted molar refractivity (Wildman–Crippen MR) is 78.9 cm³/mol.